The van der Waals surface area contributed by atoms with Gasteiger partial charge in [0, 0.05) is 56.1 Å². The number of aliphatic imine (C=N–C) groups is 1. The molecule has 16 heteroatoms. The summed E-state index contributed by atoms with van der Waals surface area (Å²) in [6.07, 6.45) is 3.66. The van der Waals surface area contributed by atoms with E-state index in [0.717, 1.165) is 12.7 Å². The second-order valence-corrected chi connectivity index (χ2v) is 23.5. The average molecular weight is 628 g/mol. The molecule has 4 heterocycles. The largest absolute Gasteiger partial charge is 0.366 e. The molecule has 0 unspecified atom stereocenters. The van der Waals surface area contributed by atoms with Crippen LogP contribution in [-0.4, -0.2) is 70.3 Å². The van der Waals surface area contributed by atoms with E-state index in [9.17, 15) is 19.2 Å². The lowest BCUT2D eigenvalue weighted by Crippen LogP contribution is -2.29. The van der Waals surface area contributed by atoms with Gasteiger partial charge in [-0.15, -0.1) is 0 Å². The summed E-state index contributed by atoms with van der Waals surface area (Å²) in [5, 5.41) is 0. The first-order valence-electron chi connectivity index (χ1n) is 13.3. The zero-order chi connectivity index (χ0) is 31.0. The van der Waals surface area contributed by atoms with Crippen LogP contribution >= 0.6 is 11.6 Å². The lowest BCUT2D eigenvalue weighted by molar-refractivity contribution is 0.0897. The number of fused-ring (bicyclic) bond motifs is 2. The van der Waals surface area contributed by atoms with E-state index in [4.69, 9.17) is 21.1 Å². The van der Waals surface area contributed by atoms with Crippen molar-refractivity contribution in [3.8, 4) is 0 Å². The van der Waals surface area contributed by atoms with E-state index in [0.29, 0.717) is 41.6 Å². The Bertz CT molecular complexity index is 1580. The molecule has 0 spiro atoms. The number of aromatic nitrogens is 6. The van der Waals surface area contributed by atoms with E-state index in [1.54, 1.807) is 24.9 Å². The Morgan fingerprint density at radius 1 is 0.878 bits per heavy atom. The average Bonchev–Trinajstić information content (AvgIpc) is 3.52. The molecule has 1 aliphatic rings. The fourth-order valence-corrected chi connectivity index (χ4v) is 5.11. The molecule has 0 amide bonds. The normalized spacial score (nSPS) is 12.5. The van der Waals surface area contributed by atoms with Gasteiger partial charge in [0.2, 0.25) is 0 Å². The SMILES string of the molecule is C[Si](C)(C)CCOCCl.Cn1c(=O)[nH]c(=O)c2c1ncn2COCC[Si](C)(C)C.Cn1c2c(c(=O)[nH]c1=O)CC=N2. The third kappa shape index (κ3) is 10.5. The highest BCUT2D eigenvalue weighted by atomic mass is 35.5. The van der Waals surface area contributed by atoms with E-state index < -0.39 is 33.1 Å². The Balaban J connectivity index is 0.000000238. The molecule has 0 saturated heterocycles. The zero-order valence-electron chi connectivity index (χ0n) is 25.2. The molecule has 0 aromatic carbocycles. The summed E-state index contributed by atoms with van der Waals surface area (Å²) < 4.78 is 14.9. The van der Waals surface area contributed by atoms with Crippen LogP contribution in [0.3, 0.4) is 0 Å². The van der Waals surface area contributed by atoms with Crippen molar-refractivity contribution in [3.05, 3.63) is 53.6 Å². The van der Waals surface area contributed by atoms with Crippen molar-refractivity contribution in [3.63, 3.8) is 0 Å². The highest BCUT2D eigenvalue weighted by Gasteiger charge is 2.15. The summed E-state index contributed by atoms with van der Waals surface area (Å²) in [6, 6.07) is 2.61. The molecule has 3 aromatic rings. The van der Waals surface area contributed by atoms with Gasteiger partial charge < -0.3 is 14.0 Å². The Labute approximate surface area is 245 Å². The van der Waals surface area contributed by atoms with Crippen LogP contribution < -0.4 is 22.5 Å². The number of hydrogen-bond acceptors (Lipinski definition) is 8. The highest BCUT2D eigenvalue weighted by molar-refractivity contribution is 6.76. The number of aromatic amines is 2. The van der Waals surface area contributed by atoms with Crippen LogP contribution in [0.5, 0.6) is 0 Å². The molecule has 0 saturated carbocycles. The third-order valence-electron chi connectivity index (χ3n) is 6.07. The minimum atomic E-state index is -1.12. The van der Waals surface area contributed by atoms with Crippen LogP contribution in [0.1, 0.15) is 5.56 Å². The Morgan fingerprint density at radius 3 is 2.02 bits per heavy atom. The lowest BCUT2D eigenvalue weighted by atomic mass is 10.2. The van der Waals surface area contributed by atoms with E-state index in [2.05, 4.69) is 59.2 Å². The van der Waals surface area contributed by atoms with Gasteiger partial charge in [-0.2, -0.15) is 0 Å². The molecule has 13 nitrogen and oxygen atoms in total. The molecule has 1 aliphatic heterocycles. The van der Waals surface area contributed by atoms with Crippen molar-refractivity contribution in [1.82, 2.24) is 28.7 Å². The fourth-order valence-electron chi connectivity index (χ4n) is 3.49. The Hall–Kier alpha value is -2.86. The van der Waals surface area contributed by atoms with Crippen molar-refractivity contribution < 1.29 is 9.47 Å². The number of imidazole rings is 1. The second-order valence-electron chi connectivity index (χ2n) is 12.0. The van der Waals surface area contributed by atoms with Gasteiger partial charge in [-0.05, 0) is 12.1 Å². The fraction of sp³-hybridized carbons (Fsp3) is 0.600. The Kier molecular flexibility index (Phi) is 12.4. The summed E-state index contributed by atoms with van der Waals surface area (Å²) >= 11 is 5.32. The minimum absolute atomic E-state index is 0.266. The molecule has 41 heavy (non-hydrogen) atoms. The zero-order valence-corrected chi connectivity index (χ0v) is 27.9. The monoisotopic (exact) mass is 627 g/mol. The molecular formula is C25H42ClN7O6Si2. The van der Waals surface area contributed by atoms with Crippen LogP contribution in [0.15, 0.2) is 30.5 Å². The third-order valence-corrected chi connectivity index (χ3v) is 9.63. The van der Waals surface area contributed by atoms with Crippen LogP contribution in [0, 0.1) is 0 Å². The first-order valence-corrected chi connectivity index (χ1v) is 21.2. The number of ether oxygens (including phenoxy) is 2. The van der Waals surface area contributed by atoms with Gasteiger partial charge in [0.05, 0.1) is 11.9 Å². The summed E-state index contributed by atoms with van der Waals surface area (Å²) in [6.45, 7) is 15.6. The minimum Gasteiger partial charge on any atom is -0.366 e. The van der Waals surface area contributed by atoms with E-state index >= 15 is 0 Å². The number of halogens is 1. The molecule has 4 rings (SSSR count). The van der Waals surface area contributed by atoms with Gasteiger partial charge in [-0.3, -0.25) is 28.7 Å². The quantitative estimate of drug-likeness (QED) is 0.210. The smallest absolute Gasteiger partial charge is 0.329 e. The maximum atomic E-state index is 11.8. The molecule has 0 fully saturated rings. The predicted octanol–water partition coefficient (Wildman–Crippen LogP) is 2.61. The molecule has 3 aromatic heterocycles. The van der Waals surface area contributed by atoms with Crippen LogP contribution in [-0.2, 0) is 36.7 Å². The molecular weight excluding hydrogens is 586 g/mol. The maximum absolute atomic E-state index is 11.8. The van der Waals surface area contributed by atoms with E-state index in [1.165, 1.54) is 21.5 Å². The molecule has 2 N–H and O–H groups in total. The topological polar surface area (TPSA) is 158 Å². The summed E-state index contributed by atoms with van der Waals surface area (Å²) in [5.41, 5.74) is -0.352. The van der Waals surface area contributed by atoms with Crippen molar-refractivity contribution in [2.75, 3.05) is 19.3 Å². The highest BCUT2D eigenvalue weighted by Crippen LogP contribution is 2.16. The van der Waals surface area contributed by atoms with Gasteiger partial charge in [0.1, 0.15) is 18.6 Å². The molecule has 0 atom stereocenters. The standard InChI is InChI=1S/C12H20N4O3Si.C7H7N3O2.C6H15ClOSi/c1-15-10-9(11(17)14-12(15)18)16(7-13-10)8-19-5-6-20(2,3)4;1-10-5-4(2-3-8-5)6(11)9-7(10)12;1-9(2,3)5-4-8-6-7/h7H,5-6,8H2,1-4H3,(H,14,17,18);3H,2H2,1H3,(H,9,11,12);4-6H2,1-3H3. The Morgan fingerprint density at radius 2 is 1.44 bits per heavy atom. The van der Waals surface area contributed by atoms with Gasteiger partial charge in [-0.1, -0.05) is 50.9 Å². The molecule has 0 bridgehead atoms. The van der Waals surface area contributed by atoms with Crippen molar-refractivity contribution in [2.45, 2.75) is 64.5 Å². The molecule has 0 aliphatic carbocycles. The number of nitrogens with zero attached hydrogens (tertiary/aromatic N) is 5. The van der Waals surface area contributed by atoms with Crippen molar-refractivity contribution in [1.29, 1.82) is 0 Å². The van der Waals surface area contributed by atoms with Crippen LogP contribution in [0.2, 0.25) is 51.4 Å². The predicted molar refractivity (Wildman–Crippen MR) is 169 cm³/mol. The van der Waals surface area contributed by atoms with Gasteiger partial charge in [0.25, 0.3) is 11.1 Å². The number of rotatable bonds is 9. The van der Waals surface area contributed by atoms with E-state index in [1.807, 2.05) is 0 Å². The number of hydrogen-bond donors (Lipinski definition) is 2. The summed E-state index contributed by atoms with van der Waals surface area (Å²) in [5.74, 6) is 0.476. The van der Waals surface area contributed by atoms with Crippen molar-refractivity contribution in [2.24, 2.45) is 19.1 Å². The first kappa shape index (κ1) is 34.3. The summed E-state index contributed by atoms with van der Waals surface area (Å²) in [4.78, 5) is 58.0. The van der Waals surface area contributed by atoms with Crippen molar-refractivity contribution >= 4 is 50.9 Å². The number of H-pyrrole nitrogens is 2. The maximum Gasteiger partial charge on any atom is 0.329 e. The first-order chi connectivity index (χ1) is 19.1. The number of nitrogens with one attached hydrogen (secondary N) is 2. The van der Waals surface area contributed by atoms with Crippen LogP contribution in [0.4, 0.5) is 5.82 Å². The lowest BCUT2D eigenvalue weighted by Gasteiger charge is -2.15. The summed E-state index contributed by atoms with van der Waals surface area (Å²) in [7, 11) is 1.15. The van der Waals surface area contributed by atoms with Gasteiger partial charge in [0.15, 0.2) is 11.2 Å². The number of aryl methyl sites for hydroxylation is 1. The molecule has 228 valence electrons. The second kappa shape index (κ2) is 14.9. The molecule has 0 radical (unpaired) electrons. The van der Waals surface area contributed by atoms with Gasteiger partial charge in [-0.25, -0.2) is 19.6 Å². The number of alkyl halides is 1. The van der Waals surface area contributed by atoms with E-state index in [-0.39, 0.29) is 12.3 Å². The van der Waals surface area contributed by atoms with Gasteiger partial charge >= 0.3 is 11.4 Å². The van der Waals surface area contributed by atoms with Crippen LogP contribution in [0.25, 0.3) is 11.2 Å².